The number of carboxylic acid groups (broad SMARTS) is 1. The van der Waals surface area contributed by atoms with Crippen LogP contribution in [0.25, 0.3) is 0 Å². The van der Waals surface area contributed by atoms with E-state index in [1.807, 2.05) is 0 Å². The van der Waals surface area contributed by atoms with Crippen molar-refractivity contribution in [2.24, 2.45) is 0 Å². The van der Waals surface area contributed by atoms with Crippen molar-refractivity contribution in [1.29, 1.82) is 0 Å². The zero-order valence-electron chi connectivity index (χ0n) is 8.17. The molecular weight excluding hydrogens is 168 g/mol. The van der Waals surface area contributed by atoms with Crippen LogP contribution in [0.3, 0.4) is 0 Å². The average Bonchev–Trinajstić information content (AvgIpc) is 2.85. The molecule has 1 saturated heterocycles. The molecule has 13 heavy (non-hydrogen) atoms. The van der Waals surface area contributed by atoms with Crippen LogP contribution < -0.4 is 0 Å². The minimum atomic E-state index is -0.831. The number of ether oxygens (including phenoxy) is 1. The van der Waals surface area contributed by atoms with E-state index in [2.05, 4.69) is 6.92 Å². The third-order valence-corrected chi connectivity index (χ3v) is 2.58. The summed E-state index contributed by atoms with van der Waals surface area (Å²) < 4.78 is 5.31. The molecule has 1 N–H and O–H groups in total. The van der Waals surface area contributed by atoms with Gasteiger partial charge >= 0.3 is 5.97 Å². The first-order chi connectivity index (χ1) is 6.09. The number of rotatable bonds is 5. The van der Waals surface area contributed by atoms with Crippen molar-refractivity contribution in [3.8, 4) is 0 Å². The summed E-state index contributed by atoms with van der Waals surface area (Å²) >= 11 is 0. The lowest BCUT2D eigenvalue weighted by Crippen LogP contribution is -2.08. The number of carboxylic acids is 1. The van der Waals surface area contributed by atoms with Gasteiger partial charge in [-0.2, -0.15) is 0 Å². The predicted octanol–water partition coefficient (Wildman–Crippen LogP) is 1.98. The van der Waals surface area contributed by atoms with E-state index in [9.17, 15) is 4.79 Å². The molecular formula is C10H16O3. The Morgan fingerprint density at radius 2 is 2.31 bits per heavy atom. The van der Waals surface area contributed by atoms with E-state index < -0.39 is 5.97 Å². The van der Waals surface area contributed by atoms with Crippen molar-refractivity contribution in [1.82, 2.24) is 0 Å². The molecule has 1 aliphatic heterocycles. The van der Waals surface area contributed by atoms with Crippen LogP contribution in [0.5, 0.6) is 0 Å². The van der Waals surface area contributed by atoms with Crippen LogP contribution in [0.1, 0.15) is 33.1 Å². The van der Waals surface area contributed by atoms with Gasteiger partial charge in [-0.3, -0.25) is 0 Å². The van der Waals surface area contributed by atoms with E-state index in [4.69, 9.17) is 9.84 Å². The summed E-state index contributed by atoms with van der Waals surface area (Å²) in [6, 6.07) is 0. The third kappa shape index (κ3) is 2.84. The lowest BCUT2D eigenvalue weighted by Gasteiger charge is -2.05. The molecule has 0 aromatic heterocycles. The maximum absolute atomic E-state index is 10.4. The van der Waals surface area contributed by atoms with Gasteiger partial charge in [-0.05, 0) is 26.2 Å². The Morgan fingerprint density at radius 1 is 1.69 bits per heavy atom. The number of hydrogen-bond donors (Lipinski definition) is 1. The summed E-state index contributed by atoms with van der Waals surface area (Å²) in [6.45, 7) is 4.55. The first-order valence-corrected chi connectivity index (χ1v) is 4.64. The minimum Gasteiger partial charge on any atom is -0.478 e. The van der Waals surface area contributed by atoms with Gasteiger partial charge in [0.25, 0.3) is 0 Å². The number of epoxide rings is 1. The fraction of sp³-hybridized carbons (Fsp3) is 0.700. The first kappa shape index (κ1) is 10.3. The van der Waals surface area contributed by atoms with Gasteiger partial charge < -0.3 is 9.84 Å². The van der Waals surface area contributed by atoms with Crippen LogP contribution >= 0.6 is 0 Å². The van der Waals surface area contributed by atoms with E-state index in [0.29, 0.717) is 5.57 Å². The van der Waals surface area contributed by atoms with Gasteiger partial charge in [0.15, 0.2) is 0 Å². The predicted molar refractivity (Wildman–Crippen MR) is 49.6 cm³/mol. The van der Waals surface area contributed by atoms with Gasteiger partial charge in [0.2, 0.25) is 0 Å². The van der Waals surface area contributed by atoms with Crippen molar-refractivity contribution in [2.45, 2.75) is 38.7 Å². The second kappa shape index (κ2) is 3.92. The summed E-state index contributed by atoms with van der Waals surface area (Å²) in [4.78, 5) is 10.4. The van der Waals surface area contributed by atoms with E-state index in [1.165, 1.54) is 0 Å². The second-order valence-electron chi connectivity index (χ2n) is 3.56. The molecule has 3 heteroatoms. The molecule has 0 bridgehead atoms. The van der Waals surface area contributed by atoms with Gasteiger partial charge in [0, 0.05) is 5.57 Å². The van der Waals surface area contributed by atoms with Crippen LogP contribution in [0.15, 0.2) is 11.6 Å². The molecule has 1 atom stereocenters. The van der Waals surface area contributed by atoms with Crippen molar-refractivity contribution >= 4 is 5.97 Å². The Kier molecular flexibility index (Phi) is 3.09. The molecule has 1 aliphatic rings. The van der Waals surface area contributed by atoms with E-state index in [1.54, 1.807) is 13.0 Å². The first-order valence-electron chi connectivity index (χ1n) is 4.64. The summed E-state index contributed by atoms with van der Waals surface area (Å²) in [5, 5.41) is 8.58. The fourth-order valence-corrected chi connectivity index (χ4v) is 1.27. The lowest BCUT2D eigenvalue weighted by atomic mass is 10.0. The van der Waals surface area contributed by atoms with Crippen molar-refractivity contribution in [3.05, 3.63) is 11.6 Å². The molecule has 0 aromatic carbocycles. The highest BCUT2D eigenvalue weighted by molar-refractivity contribution is 5.85. The van der Waals surface area contributed by atoms with Crippen LogP contribution in [0.2, 0.25) is 0 Å². The Labute approximate surface area is 78.4 Å². The molecule has 74 valence electrons. The van der Waals surface area contributed by atoms with Crippen LogP contribution in [0, 0.1) is 0 Å². The Balaban J connectivity index is 2.27. The number of hydrogen-bond acceptors (Lipinski definition) is 2. The molecule has 0 spiro atoms. The summed E-state index contributed by atoms with van der Waals surface area (Å²) in [6.07, 6.45) is 4.52. The van der Waals surface area contributed by atoms with E-state index in [0.717, 1.165) is 25.9 Å². The van der Waals surface area contributed by atoms with Crippen molar-refractivity contribution < 1.29 is 14.6 Å². The van der Waals surface area contributed by atoms with Crippen LogP contribution in [0.4, 0.5) is 0 Å². The van der Waals surface area contributed by atoms with Crippen molar-refractivity contribution in [2.75, 3.05) is 6.61 Å². The van der Waals surface area contributed by atoms with Gasteiger partial charge in [-0.1, -0.05) is 13.0 Å². The summed E-state index contributed by atoms with van der Waals surface area (Å²) in [5.74, 6) is -0.831. The highest BCUT2D eigenvalue weighted by atomic mass is 16.6. The Bertz CT molecular complexity index is 226. The van der Waals surface area contributed by atoms with Gasteiger partial charge in [-0.15, -0.1) is 0 Å². The monoisotopic (exact) mass is 184 g/mol. The Morgan fingerprint density at radius 3 is 2.69 bits per heavy atom. The smallest absolute Gasteiger partial charge is 0.330 e. The normalized spacial score (nSPS) is 27.4. The second-order valence-corrected chi connectivity index (χ2v) is 3.56. The molecule has 1 heterocycles. The standard InChI is InChI=1S/C10H16O3/c1-3-10(7-13-10)6-4-5-8(2)9(11)12/h5H,3-4,6-7H2,1-2H3,(H,11,12). The number of allylic oxidation sites excluding steroid dienone is 1. The van der Waals surface area contributed by atoms with E-state index >= 15 is 0 Å². The molecule has 0 aromatic rings. The van der Waals surface area contributed by atoms with Gasteiger partial charge in [0.1, 0.15) is 0 Å². The molecule has 0 aliphatic carbocycles. The molecule has 1 fully saturated rings. The number of carbonyl (C=O) groups is 1. The van der Waals surface area contributed by atoms with Crippen LogP contribution in [-0.4, -0.2) is 23.3 Å². The average molecular weight is 184 g/mol. The maximum atomic E-state index is 10.4. The SMILES string of the molecule is CCC1(CCC=C(C)C(=O)O)CO1. The number of aliphatic carboxylic acids is 1. The largest absolute Gasteiger partial charge is 0.478 e. The summed E-state index contributed by atoms with van der Waals surface area (Å²) in [5.41, 5.74) is 0.502. The minimum absolute atomic E-state index is 0.0787. The molecule has 0 saturated carbocycles. The van der Waals surface area contributed by atoms with Gasteiger partial charge in [-0.25, -0.2) is 4.79 Å². The molecule has 1 rings (SSSR count). The zero-order chi connectivity index (χ0) is 9.90. The maximum Gasteiger partial charge on any atom is 0.330 e. The highest BCUT2D eigenvalue weighted by Gasteiger charge is 2.41. The van der Waals surface area contributed by atoms with E-state index in [-0.39, 0.29) is 5.60 Å². The summed E-state index contributed by atoms with van der Waals surface area (Å²) in [7, 11) is 0. The lowest BCUT2D eigenvalue weighted by molar-refractivity contribution is -0.132. The van der Waals surface area contributed by atoms with Gasteiger partial charge in [0.05, 0.1) is 12.2 Å². The topological polar surface area (TPSA) is 49.8 Å². The third-order valence-electron chi connectivity index (χ3n) is 2.58. The molecule has 0 amide bonds. The zero-order valence-corrected chi connectivity index (χ0v) is 8.17. The fourth-order valence-electron chi connectivity index (χ4n) is 1.27. The Hall–Kier alpha value is -0.830. The quantitative estimate of drug-likeness (QED) is 0.525. The molecule has 0 radical (unpaired) electrons. The molecule has 1 unspecified atom stereocenters. The molecule has 3 nitrogen and oxygen atoms in total. The van der Waals surface area contributed by atoms with Crippen LogP contribution in [-0.2, 0) is 9.53 Å². The highest BCUT2D eigenvalue weighted by Crippen LogP contribution is 2.35. The van der Waals surface area contributed by atoms with Crippen molar-refractivity contribution in [3.63, 3.8) is 0 Å².